The summed E-state index contributed by atoms with van der Waals surface area (Å²) < 4.78 is 32.2. The smallest absolute Gasteiger partial charge is 0.271 e. The Hall–Kier alpha value is -1.34. The zero-order chi connectivity index (χ0) is 13.4. The lowest BCUT2D eigenvalue weighted by Gasteiger charge is -2.16. The molecule has 0 aliphatic carbocycles. The van der Waals surface area contributed by atoms with Crippen molar-refractivity contribution in [1.29, 1.82) is 0 Å². The quantitative estimate of drug-likeness (QED) is 0.785. The molecular formula is C10H15NO5S. The molecule has 0 spiro atoms. The van der Waals surface area contributed by atoms with Gasteiger partial charge in [-0.25, -0.2) is 0 Å². The fraction of sp³-hybridized carbons (Fsp3) is 0.500. The summed E-state index contributed by atoms with van der Waals surface area (Å²) in [7, 11) is -4.31. The number of hydrogen-bond donors (Lipinski definition) is 2. The topological polar surface area (TPSA) is 96.6 Å². The lowest BCUT2D eigenvalue weighted by molar-refractivity contribution is 0.399. The van der Waals surface area contributed by atoms with Crippen LogP contribution in [-0.2, 0) is 16.7 Å². The zero-order valence-electron chi connectivity index (χ0n) is 9.84. The van der Waals surface area contributed by atoms with Crippen LogP contribution < -0.4 is 5.56 Å². The van der Waals surface area contributed by atoms with E-state index in [1.807, 2.05) is 0 Å². The van der Waals surface area contributed by atoms with Crippen molar-refractivity contribution in [2.24, 2.45) is 0 Å². The standard InChI is InChI=1S/C10H15NO5S/c1-4-11-8(12)5-6(2)9(10(11)13)7(3)17(14,15)16/h5,7,13H,4H2,1-3H3,(H,14,15,16). The van der Waals surface area contributed by atoms with Crippen molar-refractivity contribution in [2.75, 3.05) is 0 Å². The molecular weight excluding hydrogens is 246 g/mol. The van der Waals surface area contributed by atoms with Gasteiger partial charge in [-0.3, -0.25) is 13.9 Å². The first-order valence-electron chi connectivity index (χ1n) is 5.09. The van der Waals surface area contributed by atoms with Crippen molar-refractivity contribution in [2.45, 2.75) is 32.6 Å². The lowest BCUT2D eigenvalue weighted by Crippen LogP contribution is -2.22. The molecule has 0 bridgehead atoms. The van der Waals surface area contributed by atoms with Gasteiger partial charge in [0.25, 0.3) is 15.7 Å². The molecule has 0 aromatic carbocycles. The monoisotopic (exact) mass is 261 g/mol. The Morgan fingerprint density at radius 1 is 1.47 bits per heavy atom. The minimum absolute atomic E-state index is 0.0500. The van der Waals surface area contributed by atoms with Gasteiger partial charge in [-0.15, -0.1) is 0 Å². The Bertz CT molecular complexity index is 587. The van der Waals surface area contributed by atoms with Gasteiger partial charge >= 0.3 is 0 Å². The average molecular weight is 261 g/mol. The summed E-state index contributed by atoms with van der Waals surface area (Å²) in [5.41, 5.74) is -0.0231. The summed E-state index contributed by atoms with van der Waals surface area (Å²) >= 11 is 0. The predicted octanol–water partition coefficient (Wildman–Crippen LogP) is 0.831. The van der Waals surface area contributed by atoms with Gasteiger partial charge < -0.3 is 5.11 Å². The van der Waals surface area contributed by atoms with E-state index in [4.69, 9.17) is 4.55 Å². The number of aromatic hydroxyl groups is 1. The highest BCUT2D eigenvalue weighted by Crippen LogP contribution is 2.30. The fourth-order valence-corrected chi connectivity index (χ4v) is 2.31. The number of nitrogens with zero attached hydrogens (tertiary/aromatic N) is 1. The lowest BCUT2D eigenvalue weighted by atomic mass is 10.1. The number of hydrogen-bond acceptors (Lipinski definition) is 4. The molecule has 96 valence electrons. The van der Waals surface area contributed by atoms with Crippen LogP contribution in [-0.4, -0.2) is 22.6 Å². The molecule has 0 aliphatic rings. The number of pyridine rings is 1. The summed E-state index contributed by atoms with van der Waals surface area (Å²) in [5, 5.41) is 8.59. The molecule has 6 nitrogen and oxygen atoms in total. The average Bonchev–Trinajstić information content (AvgIpc) is 2.15. The molecule has 0 fully saturated rings. The summed E-state index contributed by atoms with van der Waals surface area (Å²) in [4.78, 5) is 11.5. The highest BCUT2D eigenvalue weighted by Gasteiger charge is 2.26. The molecule has 1 aromatic rings. The van der Waals surface area contributed by atoms with Crippen molar-refractivity contribution in [1.82, 2.24) is 4.57 Å². The number of aromatic nitrogens is 1. The van der Waals surface area contributed by atoms with Crippen LogP contribution in [0.15, 0.2) is 10.9 Å². The van der Waals surface area contributed by atoms with Crippen LogP contribution in [0.5, 0.6) is 5.88 Å². The summed E-state index contributed by atoms with van der Waals surface area (Å²) in [6, 6.07) is 1.24. The third kappa shape index (κ3) is 2.50. The van der Waals surface area contributed by atoms with Crippen LogP contribution in [0.1, 0.15) is 30.2 Å². The molecule has 1 atom stereocenters. The van der Waals surface area contributed by atoms with Gasteiger partial charge in [0.05, 0.1) is 0 Å². The van der Waals surface area contributed by atoms with Crippen LogP contribution in [0, 0.1) is 6.92 Å². The van der Waals surface area contributed by atoms with Gasteiger partial charge in [0.2, 0.25) is 0 Å². The van der Waals surface area contributed by atoms with Gasteiger partial charge in [0, 0.05) is 18.2 Å². The van der Waals surface area contributed by atoms with Crippen molar-refractivity contribution in [3.05, 3.63) is 27.5 Å². The third-order valence-electron chi connectivity index (χ3n) is 2.70. The molecule has 2 N–H and O–H groups in total. The van der Waals surface area contributed by atoms with Crippen molar-refractivity contribution in [3.8, 4) is 5.88 Å². The van der Waals surface area contributed by atoms with E-state index >= 15 is 0 Å². The number of rotatable bonds is 3. The molecule has 1 aromatic heterocycles. The van der Waals surface area contributed by atoms with E-state index in [1.54, 1.807) is 6.92 Å². The molecule has 7 heteroatoms. The van der Waals surface area contributed by atoms with Crippen LogP contribution in [0.2, 0.25) is 0 Å². The Balaban J connectivity index is 3.61. The molecule has 1 heterocycles. The van der Waals surface area contributed by atoms with Crippen molar-refractivity contribution in [3.63, 3.8) is 0 Å². The number of aryl methyl sites for hydroxylation is 1. The SMILES string of the molecule is CCn1c(O)c(C(C)S(=O)(=O)O)c(C)cc1=O. The van der Waals surface area contributed by atoms with Crippen molar-refractivity contribution < 1.29 is 18.1 Å². The Morgan fingerprint density at radius 2 is 2.00 bits per heavy atom. The highest BCUT2D eigenvalue weighted by atomic mass is 32.2. The first kappa shape index (κ1) is 13.7. The van der Waals surface area contributed by atoms with E-state index in [1.165, 1.54) is 19.9 Å². The fourth-order valence-electron chi connectivity index (χ4n) is 1.72. The molecule has 0 radical (unpaired) electrons. The molecule has 1 unspecified atom stereocenters. The normalized spacial score (nSPS) is 13.6. The second-order valence-corrected chi connectivity index (χ2v) is 5.54. The van der Waals surface area contributed by atoms with Gasteiger partial charge in [-0.1, -0.05) is 0 Å². The minimum Gasteiger partial charge on any atom is -0.494 e. The Kier molecular flexibility index (Phi) is 3.63. The van der Waals surface area contributed by atoms with E-state index in [0.29, 0.717) is 5.56 Å². The van der Waals surface area contributed by atoms with E-state index in [0.717, 1.165) is 4.57 Å². The Labute approximate surface area is 99.3 Å². The second kappa shape index (κ2) is 4.50. The maximum absolute atomic E-state index is 11.5. The van der Waals surface area contributed by atoms with Gasteiger partial charge in [0.15, 0.2) is 5.88 Å². The van der Waals surface area contributed by atoms with Crippen LogP contribution >= 0.6 is 0 Å². The maximum atomic E-state index is 11.5. The van der Waals surface area contributed by atoms with Crippen LogP contribution in [0.4, 0.5) is 0 Å². The van der Waals surface area contributed by atoms with Crippen molar-refractivity contribution >= 4 is 10.1 Å². The maximum Gasteiger partial charge on any atom is 0.271 e. The summed E-state index contributed by atoms with van der Waals surface area (Å²) in [6.45, 7) is 4.63. The van der Waals surface area contributed by atoms with Gasteiger partial charge in [-0.2, -0.15) is 8.42 Å². The molecule has 0 saturated carbocycles. The molecule has 0 amide bonds. The first-order chi connectivity index (χ1) is 7.70. The van der Waals surface area contributed by atoms with E-state index < -0.39 is 26.8 Å². The first-order valence-corrected chi connectivity index (χ1v) is 6.60. The van der Waals surface area contributed by atoms with Crippen LogP contribution in [0.25, 0.3) is 0 Å². The summed E-state index contributed by atoms with van der Waals surface area (Å²) in [5.74, 6) is -0.414. The van der Waals surface area contributed by atoms with E-state index in [2.05, 4.69) is 0 Å². The van der Waals surface area contributed by atoms with E-state index in [-0.39, 0.29) is 12.1 Å². The minimum atomic E-state index is -4.31. The second-order valence-electron chi connectivity index (χ2n) is 3.80. The molecule has 17 heavy (non-hydrogen) atoms. The molecule has 1 rings (SSSR count). The third-order valence-corrected chi connectivity index (χ3v) is 3.83. The molecule has 0 aliphatic heterocycles. The van der Waals surface area contributed by atoms with E-state index in [9.17, 15) is 18.3 Å². The highest BCUT2D eigenvalue weighted by molar-refractivity contribution is 7.86. The van der Waals surface area contributed by atoms with Gasteiger partial charge in [0.1, 0.15) is 5.25 Å². The molecule has 0 saturated heterocycles. The summed E-state index contributed by atoms with van der Waals surface area (Å²) in [6.07, 6.45) is 0. The zero-order valence-corrected chi connectivity index (χ0v) is 10.7. The largest absolute Gasteiger partial charge is 0.494 e. The Morgan fingerprint density at radius 3 is 2.41 bits per heavy atom. The van der Waals surface area contributed by atoms with Crippen LogP contribution in [0.3, 0.4) is 0 Å². The van der Waals surface area contributed by atoms with Gasteiger partial charge in [-0.05, 0) is 26.3 Å². The predicted molar refractivity (Wildman–Crippen MR) is 62.7 cm³/mol.